The summed E-state index contributed by atoms with van der Waals surface area (Å²) < 4.78 is 6.49. The van der Waals surface area contributed by atoms with Gasteiger partial charge in [-0.25, -0.2) is 0 Å². The van der Waals surface area contributed by atoms with Crippen molar-refractivity contribution in [1.29, 1.82) is 0 Å². The Hall–Kier alpha value is -0.103. The van der Waals surface area contributed by atoms with Crippen LogP contribution >= 0.6 is 0 Å². The molecule has 0 aromatic rings. The summed E-state index contributed by atoms with van der Waals surface area (Å²) in [5, 5.41) is 12.1. The summed E-state index contributed by atoms with van der Waals surface area (Å²) in [7, 11) is 0. The molecule has 5 atom stereocenters. The third-order valence-electron chi connectivity index (χ3n) is 6.49. The largest absolute Gasteiger partial charge is 1.00 e. The number of hydrogen-bond acceptors (Lipinski definition) is 3. The fourth-order valence-electron chi connectivity index (χ4n) is 5.38. The van der Waals surface area contributed by atoms with Crippen LogP contribution in [0.2, 0.25) is 0 Å². The average Bonchev–Trinajstić information content (AvgIpc) is 2.67. The van der Waals surface area contributed by atoms with Gasteiger partial charge in [0.15, 0.2) is 0 Å². The molecule has 2 aliphatic heterocycles. The van der Waals surface area contributed by atoms with Gasteiger partial charge in [0.05, 0.1) is 11.6 Å². The third kappa shape index (κ3) is 1.35. The van der Waals surface area contributed by atoms with Crippen LogP contribution in [-0.4, -0.2) is 22.3 Å². The first-order chi connectivity index (χ1) is 8.29. The molecule has 4 heteroatoms. The predicted octanol–water partition coefficient (Wildman–Crippen LogP) is -1.16. The van der Waals surface area contributed by atoms with Gasteiger partial charge < -0.3 is 14.7 Å². The minimum absolute atomic E-state index is 0. The monoisotopic (exact) mass is 255 g/mol. The van der Waals surface area contributed by atoms with E-state index in [0.29, 0.717) is 17.4 Å². The Balaban J connectivity index is 0.00000110. The summed E-state index contributed by atoms with van der Waals surface area (Å²) in [6.07, 6.45) is 4.94. The smallest absolute Gasteiger partial charge is 0.860 e. The van der Waals surface area contributed by atoms with Gasteiger partial charge in [0, 0.05) is 6.42 Å². The van der Waals surface area contributed by atoms with Crippen molar-refractivity contribution in [3.63, 3.8) is 0 Å². The second-order valence-corrected chi connectivity index (χ2v) is 7.64. The van der Waals surface area contributed by atoms with Crippen LogP contribution in [0.1, 0.15) is 47.0 Å². The third-order valence-corrected chi connectivity index (χ3v) is 6.49. The minimum atomic E-state index is -0.371. The van der Waals surface area contributed by atoms with E-state index in [-0.39, 0.29) is 36.1 Å². The molecular formula is C15H22LiNO2. The predicted molar refractivity (Wildman–Crippen MR) is 66.2 cm³/mol. The molecule has 0 aromatic carbocycles. The molecule has 5 aliphatic rings. The maximum atomic E-state index is 12.1. The molecule has 19 heavy (non-hydrogen) atoms. The molecule has 1 saturated heterocycles. The molecule has 0 N–H and O–H groups in total. The first-order valence-electron chi connectivity index (χ1n) is 7.16. The van der Waals surface area contributed by atoms with E-state index in [1.165, 1.54) is 6.42 Å². The first-order valence-corrected chi connectivity index (χ1v) is 7.16. The minimum Gasteiger partial charge on any atom is -0.860 e. The topological polar surface area (TPSA) is 35.5 Å². The van der Waals surface area contributed by atoms with Crippen LogP contribution < -0.4 is 24.0 Å². The molecule has 3 aliphatic carbocycles. The van der Waals surface area contributed by atoms with Gasteiger partial charge in [-0.2, -0.15) is 0 Å². The number of ether oxygens (including phenoxy) is 1. The SMILES string of the molecule is CC1(C)[C@H]2C[C@@H]3N4C([O-])=CC[C@@]4(C)O[C@]3(C)[C@@H]1C2.[Li+]. The van der Waals surface area contributed by atoms with E-state index in [9.17, 15) is 5.11 Å². The summed E-state index contributed by atoms with van der Waals surface area (Å²) in [5.74, 6) is 1.55. The second kappa shape index (κ2) is 3.56. The Bertz CT molecular complexity index is 463. The van der Waals surface area contributed by atoms with E-state index in [1.54, 1.807) is 6.08 Å². The Morgan fingerprint density at radius 3 is 2.58 bits per heavy atom. The molecule has 5 rings (SSSR count). The van der Waals surface area contributed by atoms with Gasteiger partial charge in [0.2, 0.25) is 0 Å². The average molecular weight is 255 g/mol. The quantitative estimate of drug-likeness (QED) is 0.512. The van der Waals surface area contributed by atoms with Crippen molar-refractivity contribution in [3.05, 3.63) is 12.0 Å². The van der Waals surface area contributed by atoms with Crippen molar-refractivity contribution in [2.24, 2.45) is 17.3 Å². The molecule has 2 bridgehead atoms. The number of nitrogens with zero attached hydrogens (tertiary/aromatic N) is 1. The van der Waals surface area contributed by atoms with Crippen LogP contribution in [0.3, 0.4) is 0 Å². The van der Waals surface area contributed by atoms with Gasteiger partial charge in [0.25, 0.3) is 0 Å². The van der Waals surface area contributed by atoms with Crippen LogP contribution in [-0.2, 0) is 4.74 Å². The van der Waals surface area contributed by atoms with Crippen molar-refractivity contribution in [2.45, 2.75) is 64.3 Å². The summed E-state index contributed by atoms with van der Waals surface area (Å²) >= 11 is 0. The fourth-order valence-corrected chi connectivity index (χ4v) is 5.38. The molecule has 100 valence electrons. The summed E-state index contributed by atoms with van der Waals surface area (Å²) in [6.45, 7) is 9.07. The number of rotatable bonds is 0. The van der Waals surface area contributed by atoms with Crippen molar-refractivity contribution in [3.8, 4) is 0 Å². The Morgan fingerprint density at radius 1 is 1.26 bits per heavy atom. The molecule has 4 fully saturated rings. The zero-order valence-electron chi connectivity index (χ0n) is 12.7. The fraction of sp³-hybridized carbons (Fsp3) is 0.867. The molecular weight excluding hydrogens is 233 g/mol. The van der Waals surface area contributed by atoms with Gasteiger partial charge >= 0.3 is 18.9 Å². The Labute approximate surface area is 127 Å². The van der Waals surface area contributed by atoms with E-state index >= 15 is 0 Å². The normalized spacial score (nSPS) is 52.7. The van der Waals surface area contributed by atoms with E-state index in [1.807, 2.05) is 4.90 Å². The molecule has 0 spiro atoms. The molecule has 2 heterocycles. The Morgan fingerprint density at radius 2 is 1.95 bits per heavy atom. The van der Waals surface area contributed by atoms with Crippen LogP contribution in [0.25, 0.3) is 0 Å². The van der Waals surface area contributed by atoms with E-state index < -0.39 is 0 Å². The maximum Gasteiger partial charge on any atom is 1.00 e. The summed E-state index contributed by atoms with van der Waals surface area (Å²) in [4.78, 5) is 2.04. The number of hydrogen-bond donors (Lipinski definition) is 0. The molecule has 3 saturated carbocycles. The van der Waals surface area contributed by atoms with Crippen molar-refractivity contribution < 1.29 is 28.7 Å². The standard InChI is InChI=1S/C15H23NO2.Li/c1-13(2)9-7-10(13)15(4)11(8-9)16-12(17)5-6-14(16,3)18-15;/h5,9-11,17H,6-8H2,1-4H3;/q;+1/p-1/t9-,10-,11+,14-,15-;/m1./s1. The molecule has 0 radical (unpaired) electrons. The van der Waals surface area contributed by atoms with Gasteiger partial charge in [-0.3, -0.25) is 0 Å². The van der Waals surface area contributed by atoms with Crippen LogP contribution in [0.4, 0.5) is 0 Å². The molecule has 0 aromatic heterocycles. The number of fused-ring (bicyclic) bond motifs is 1. The van der Waals surface area contributed by atoms with Gasteiger partial charge in [-0.15, -0.1) is 0 Å². The van der Waals surface area contributed by atoms with Crippen molar-refractivity contribution in [2.75, 3.05) is 0 Å². The zero-order chi connectivity index (χ0) is 12.9. The van der Waals surface area contributed by atoms with Crippen molar-refractivity contribution >= 4 is 0 Å². The van der Waals surface area contributed by atoms with Crippen LogP contribution in [0.15, 0.2) is 12.0 Å². The van der Waals surface area contributed by atoms with E-state index in [4.69, 9.17) is 4.74 Å². The van der Waals surface area contributed by atoms with Crippen LogP contribution in [0.5, 0.6) is 0 Å². The van der Waals surface area contributed by atoms with E-state index in [0.717, 1.165) is 18.8 Å². The zero-order valence-corrected chi connectivity index (χ0v) is 12.7. The molecule has 3 nitrogen and oxygen atoms in total. The second-order valence-electron chi connectivity index (χ2n) is 7.64. The van der Waals surface area contributed by atoms with Gasteiger partial charge in [0.1, 0.15) is 5.72 Å². The maximum absolute atomic E-state index is 12.1. The summed E-state index contributed by atoms with van der Waals surface area (Å²) in [6, 6.07) is 0.297. The van der Waals surface area contributed by atoms with Crippen molar-refractivity contribution in [1.82, 2.24) is 4.90 Å². The van der Waals surface area contributed by atoms with E-state index in [2.05, 4.69) is 27.7 Å². The van der Waals surface area contributed by atoms with Gasteiger partial charge in [-0.1, -0.05) is 19.9 Å². The van der Waals surface area contributed by atoms with Gasteiger partial charge in [-0.05, 0) is 49.8 Å². The van der Waals surface area contributed by atoms with Crippen LogP contribution in [0, 0.1) is 17.3 Å². The molecule has 0 amide bonds. The first kappa shape index (κ1) is 13.9. The summed E-state index contributed by atoms with van der Waals surface area (Å²) in [5.41, 5.74) is -0.116. The molecule has 0 unspecified atom stereocenters. The Kier molecular flexibility index (Phi) is 2.60.